The van der Waals surface area contributed by atoms with Gasteiger partial charge in [-0.15, -0.1) is 0 Å². The minimum atomic E-state index is -0.611. The summed E-state index contributed by atoms with van der Waals surface area (Å²) in [7, 11) is 1.61. The molecule has 1 amide bonds. The molecular weight excluding hydrogens is 254 g/mol. The normalized spacial score (nSPS) is 13.2. The molecular formula is C16H25NO3. The molecule has 1 aromatic rings. The Labute approximate surface area is 121 Å². The van der Waals surface area contributed by atoms with Crippen molar-refractivity contribution < 1.29 is 14.3 Å². The van der Waals surface area contributed by atoms with E-state index in [-0.39, 0.29) is 17.6 Å². The van der Waals surface area contributed by atoms with Crippen LogP contribution in [-0.4, -0.2) is 24.7 Å². The van der Waals surface area contributed by atoms with Crippen molar-refractivity contribution >= 4 is 5.91 Å². The fourth-order valence-electron chi connectivity index (χ4n) is 1.78. The average Bonchev–Trinajstić information content (AvgIpc) is 2.34. The smallest absolute Gasteiger partial charge is 0.254 e. The summed E-state index contributed by atoms with van der Waals surface area (Å²) in [4.78, 5) is 12.4. The van der Waals surface area contributed by atoms with Crippen LogP contribution >= 0.6 is 0 Å². The monoisotopic (exact) mass is 279 g/mol. The minimum absolute atomic E-state index is 0.0344. The van der Waals surface area contributed by atoms with Gasteiger partial charge in [-0.25, -0.2) is 0 Å². The summed E-state index contributed by atoms with van der Waals surface area (Å²) in [5.74, 6) is 0.629. The van der Waals surface area contributed by atoms with Crippen LogP contribution < -0.4 is 10.1 Å². The van der Waals surface area contributed by atoms with E-state index in [0.29, 0.717) is 0 Å². The highest BCUT2D eigenvalue weighted by Crippen LogP contribution is 2.23. The van der Waals surface area contributed by atoms with E-state index in [9.17, 15) is 4.79 Å². The first-order valence-corrected chi connectivity index (χ1v) is 6.84. The van der Waals surface area contributed by atoms with Crippen molar-refractivity contribution in [2.45, 2.75) is 52.4 Å². The summed E-state index contributed by atoms with van der Waals surface area (Å²) >= 11 is 0. The van der Waals surface area contributed by atoms with Gasteiger partial charge in [0.1, 0.15) is 5.75 Å². The van der Waals surface area contributed by atoms with Crippen molar-refractivity contribution in [3.05, 3.63) is 29.8 Å². The summed E-state index contributed by atoms with van der Waals surface area (Å²) in [6.45, 7) is 9.68. The Bertz CT molecular complexity index is 432. The van der Waals surface area contributed by atoms with Crippen LogP contribution in [0, 0.1) is 0 Å². The molecule has 1 rings (SSSR count). The Morgan fingerprint density at radius 3 is 2.10 bits per heavy atom. The lowest BCUT2D eigenvalue weighted by Crippen LogP contribution is -2.44. The van der Waals surface area contributed by atoms with Crippen molar-refractivity contribution in [2.24, 2.45) is 0 Å². The molecule has 4 nitrogen and oxygen atoms in total. The molecule has 1 unspecified atom stereocenters. The molecule has 0 spiro atoms. The second kappa shape index (κ2) is 6.75. The number of carbonyl (C=O) groups excluding carboxylic acids is 1. The molecule has 1 atom stereocenters. The van der Waals surface area contributed by atoms with Crippen LogP contribution in [0.2, 0.25) is 0 Å². The summed E-state index contributed by atoms with van der Waals surface area (Å²) in [5, 5.41) is 2.96. The number of carbonyl (C=O) groups is 1. The average molecular weight is 279 g/mol. The van der Waals surface area contributed by atoms with Gasteiger partial charge in [-0.2, -0.15) is 0 Å². The van der Waals surface area contributed by atoms with Crippen LogP contribution in [0.3, 0.4) is 0 Å². The molecule has 0 fully saturated rings. The third-order valence-electron chi connectivity index (χ3n) is 2.56. The molecule has 20 heavy (non-hydrogen) atoms. The van der Waals surface area contributed by atoms with Crippen molar-refractivity contribution in [3.63, 3.8) is 0 Å². The summed E-state index contributed by atoms with van der Waals surface area (Å²) in [5.41, 5.74) is 0.531. The number of amides is 1. The van der Waals surface area contributed by atoms with E-state index in [2.05, 4.69) is 5.32 Å². The Morgan fingerprint density at radius 2 is 1.70 bits per heavy atom. The number of methoxy groups -OCH3 is 1. The lowest BCUT2D eigenvalue weighted by molar-refractivity contribution is -0.137. The van der Waals surface area contributed by atoms with Crippen LogP contribution in [-0.2, 0) is 9.53 Å². The maximum absolute atomic E-state index is 12.4. The third kappa shape index (κ3) is 5.21. The zero-order valence-electron chi connectivity index (χ0n) is 13.2. The van der Waals surface area contributed by atoms with E-state index in [1.54, 1.807) is 7.11 Å². The first kappa shape index (κ1) is 16.5. The summed E-state index contributed by atoms with van der Waals surface area (Å²) < 4.78 is 10.9. The number of benzene rings is 1. The van der Waals surface area contributed by atoms with Gasteiger partial charge < -0.3 is 14.8 Å². The predicted molar refractivity (Wildman–Crippen MR) is 79.9 cm³/mol. The molecule has 0 bridgehead atoms. The summed E-state index contributed by atoms with van der Waals surface area (Å²) in [6, 6.07) is 7.37. The van der Waals surface area contributed by atoms with E-state index >= 15 is 0 Å². The van der Waals surface area contributed by atoms with E-state index in [4.69, 9.17) is 9.47 Å². The number of hydrogen-bond acceptors (Lipinski definition) is 3. The number of nitrogens with one attached hydrogen (secondary N) is 1. The SMILES string of the molecule is COc1ccc(C(OC(C)C)C(=O)NC(C)(C)C)cc1. The minimum Gasteiger partial charge on any atom is -0.497 e. The Hall–Kier alpha value is -1.55. The lowest BCUT2D eigenvalue weighted by Gasteiger charge is -2.26. The van der Waals surface area contributed by atoms with Gasteiger partial charge in [0.05, 0.1) is 13.2 Å². The highest BCUT2D eigenvalue weighted by atomic mass is 16.5. The molecule has 0 saturated heterocycles. The maximum Gasteiger partial charge on any atom is 0.254 e. The van der Waals surface area contributed by atoms with Gasteiger partial charge in [-0.1, -0.05) is 12.1 Å². The molecule has 1 N–H and O–H groups in total. The van der Waals surface area contributed by atoms with Gasteiger partial charge in [0, 0.05) is 5.54 Å². The zero-order chi connectivity index (χ0) is 15.3. The van der Waals surface area contributed by atoms with Crippen LogP contribution in [0.5, 0.6) is 5.75 Å². The second-order valence-corrected chi connectivity index (χ2v) is 6.08. The highest BCUT2D eigenvalue weighted by molar-refractivity contribution is 5.82. The molecule has 4 heteroatoms. The molecule has 112 valence electrons. The van der Waals surface area contributed by atoms with E-state index in [1.807, 2.05) is 58.9 Å². The number of hydrogen-bond donors (Lipinski definition) is 1. The highest BCUT2D eigenvalue weighted by Gasteiger charge is 2.26. The predicted octanol–water partition coefficient (Wildman–Crippen LogP) is 3.08. The first-order valence-electron chi connectivity index (χ1n) is 6.84. The van der Waals surface area contributed by atoms with Crippen LogP contribution in [0.15, 0.2) is 24.3 Å². The fraction of sp³-hybridized carbons (Fsp3) is 0.562. The number of rotatable bonds is 5. The molecule has 0 saturated carbocycles. The van der Waals surface area contributed by atoms with Crippen LogP contribution in [0.1, 0.15) is 46.3 Å². The van der Waals surface area contributed by atoms with Crippen molar-refractivity contribution in [2.75, 3.05) is 7.11 Å². The first-order chi connectivity index (χ1) is 9.23. The van der Waals surface area contributed by atoms with Crippen LogP contribution in [0.4, 0.5) is 0 Å². The van der Waals surface area contributed by atoms with E-state index < -0.39 is 6.10 Å². The van der Waals surface area contributed by atoms with E-state index in [0.717, 1.165) is 11.3 Å². The Kier molecular flexibility index (Phi) is 5.57. The molecule has 0 heterocycles. The fourth-order valence-corrected chi connectivity index (χ4v) is 1.78. The van der Waals surface area contributed by atoms with Crippen molar-refractivity contribution in [3.8, 4) is 5.75 Å². The third-order valence-corrected chi connectivity index (χ3v) is 2.56. The zero-order valence-corrected chi connectivity index (χ0v) is 13.2. The topological polar surface area (TPSA) is 47.6 Å². The van der Waals surface area contributed by atoms with Crippen molar-refractivity contribution in [1.82, 2.24) is 5.32 Å². The molecule has 0 aromatic heterocycles. The molecule has 0 radical (unpaired) electrons. The van der Waals surface area contributed by atoms with E-state index in [1.165, 1.54) is 0 Å². The molecule has 0 aliphatic rings. The molecule has 0 aliphatic carbocycles. The quantitative estimate of drug-likeness (QED) is 0.901. The van der Waals surface area contributed by atoms with Gasteiger partial charge in [-0.3, -0.25) is 4.79 Å². The van der Waals surface area contributed by atoms with Gasteiger partial charge in [0.25, 0.3) is 5.91 Å². The lowest BCUT2D eigenvalue weighted by atomic mass is 10.0. The van der Waals surface area contributed by atoms with Crippen molar-refractivity contribution in [1.29, 1.82) is 0 Å². The summed E-state index contributed by atoms with van der Waals surface area (Å²) in [6.07, 6.45) is -0.645. The molecule has 1 aromatic carbocycles. The standard InChI is InChI=1S/C16H25NO3/c1-11(2)20-14(15(18)17-16(3,4)5)12-7-9-13(19-6)10-8-12/h7-11,14H,1-6H3,(H,17,18). The largest absolute Gasteiger partial charge is 0.497 e. The van der Waals surface area contributed by atoms with Gasteiger partial charge in [0.2, 0.25) is 0 Å². The Morgan fingerprint density at radius 1 is 1.15 bits per heavy atom. The Balaban J connectivity index is 2.95. The van der Waals surface area contributed by atoms with Crippen LogP contribution in [0.25, 0.3) is 0 Å². The van der Waals surface area contributed by atoms with Gasteiger partial charge in [0.15, 0.2) is 6.10 Å². The van der Waals surface area contributed by atoms with Gasteiger partial charge >= 0.3 is 0 Å². The molecule has 0 aliphatic heterocycles. The van der Waals surface area contributed by atoms with Gasteiger partial charge in [-0.05, 0) is 52.3 Å². The second-order valence-electron chi connectivity index (χ2n) is 6.08. The maximum atomic E-state index is 12.4. The number of ether oxygens (including phenoxy) is 2.